The molecule has 1 saturated carbocycles. The molecule has 0 heterocycles. The molecule has 0 spiro atoms. The van der Waals surface area contributed by atoms with Gasteiger partial charge in [0.15, 0.2) is 0 Å². The highest BCUT2D eigenvalue weighted by Crippen LogP contribution is 2.25. The zero-order chi connectivity index (χ0) is 26.0. The molecule has 0 aliphatic heterocycles. The summed E-state index contributed by atoms with van der Waals surface area (Å²) in [6.07, 6.45) is 5.55. The van der Waals surface area contributed by atoms with Gasteiger partial charge in [0.1, 0.15) is 24.2 Å². The van der Waals surface area contributed by atoms with Crippen molar-refractivity contribution in [2.24, 2.45) is 0 Å². The minimum Gasteiger partial charge on any atom is -0.444 e. The number of carbonyl (C=O) groups is 3. The molecule has 1 aliphatic rings. The maximum atomic E-state index is 13.5. The molecule has 9 nitrogen and oxygen atoms in total. The molecule has 3 N–H and O–H groups in total. The molecule has 190 valence electrons. The Hall–Kier alpha value is -3.38. The Morgan fingerprint density at radius 1 is 1.29 bits per heavy atom. The van der Waals surface area contributed by atoms with Crippen LogP contribution >= 0.6 is 0 Å². The van der Waals surface area contributed by atoms with Gasteiger partial charge in [0.25, 0.3) is 0 Å². The minimum absolute atomic E-state index is 0.0195. The van der Waals surface area contributed by atoms with Gasteiger partial charge in [-0.15, -0.1) is 0 Å². The Kier molecular flexibility index (Phi) is 10.3. The van der Waals surface area contributed by atoms with Crippen LogP contribution in [0.1, 0.15) is 70.0 Å². The van der Waals surface area contributed by atoms with Gasteiger partial charge in [0.2, 0.25) is 11.8 Å². The maximum absolute atomic E-state index is 13.5. The number of aliphatic hydroxyl groups is 1. The number of amides is 3. The van der Waals surface area contributed by atoms with Crippen LogP contribution in [0.2, 0.25) is 0 Å². The zero-order valence-corrected chi connectivity index (χ0v) is 20.8. The maximum Gasteiger partial charge on any atom is 0.408 e. The van der Waals surface area contributed by atoms with Crippen molar-refractivity contribution in [3.63, 3.8) is 0 Å². The monoisotopic (exact) mass is 484 g/mol. The Morgan fingerprint density at radius 3 is 2.54 bits per heavy atom. The number of alkyl carbamates (subject to hydrolysis) is 1. The molecule has 0 bridgehead atoms. The number of nitriles is 1. The first-order valence-corrected chi connectivity index (χ1v) is 11.9. The summed E-state index contributed by atoms with van der Waals surface area (Å²) in [4.78, 5) is 40.4. The van der Waals surface area contributed by atoms with Gasteiger partial charge in [-0.05, 0) is 50.8 Å². The van der Waals surface area contributed by atoms with Gasteiger partial charge in [0.05, 0.1) is 12.7 Å². The van der Waals surface area contributed by atoms with E-state index in [2.05, 4.69) is 17.2 Å². The van der Waals surface area contributed by atoms with Gasteiger partial charge >= 0.3 is 6.09 Å². The standard InChI is InChI=1S/C26H36N4O5/c1-5-18-10-9-11-19(16-18)22(23(32)28-20-12-7-6-8-13-20)30(15-14-27)24(33)21(17-31)29-25(34)35-26(2,3)4/h5,9-11,16,20-22,31H,1,6-8,12-13,15,17H2,2-4H3,(H,28,32)(H,29,34). The molecule has 35 heavy (non-hydrogen) atoms. The summed E-state index contributed by atoms with van der Waals surface area (Å²) in [6.45, 7) is 7.61. The largest absolute Gasteiger partial charge is 0.444 e. The summed E-state index contributed by atoms with van der Waals surface area (Å²) in [5.74, 6) is -1.19. The van der Waals surface area contributed by atoms with Gasteiger partial charge in [-0.3, -0.25) is 9.59 Å². The van der Waals surface area contributed by atoms with Crippen LogP contribution in [0.3, 0.4) is 0 Å². The highest BCUT2D eigenvalue weighted by Gasteiger charge is 2.37. The molecule has 3 amide bonds. The van der Waals surface area contributed by atoms with Crippen molar-refractivity contribution in [1.29, 1.82) is 5.26 Å². The molecular weight excluding hydrogens is 448 g/mol. The number of rotatable bonds is 9. The van der Waals surface area contributed by atoms with Crippen LogP contribution in [0.5, 0.6) is 0 Å². The molecule has 0 radical (unpaired) electrons. The quantitative estimate of drug-likeness (QED) is 0.462. The van der Waals surface area contributed by atoms with E-state index in [1.807, 2.05) is 12.1 Å². The molecule has 0 saturated heterocycles. The Morgan fingerprint density at radius 2 is 1.97 bits per heavy atom. The van der Waals surface area contributed by atoms with E-state index in [-0.39, 0.29) is 6.04 Å². The molecule has 1 aromatic rings. The number of nitrogens with one attached hydrogen (secondary N) is 2. The van der Waals surface area contributed by atoms with Crippen molar-refractivity contribution < 1.29 is 24.2 Å². The Bertz CT molecular complexity index is 944. The second-order valence-electron chi connectivity index (χ2n) is 9.63. The summed E-state index contributed by atoms with van der Waals surface area (Å²) in [6, 6.07) is 6.36. The number of ether oxygens (including phenoxy) is 1. The third kappa shape index (κ3) is 8.41. The van der Waals surface area contributed by atoms with E-state index in [1.165, 1.54) is 0 Å². The van der Waals surface area contributed by atoms with Crippen molar-refractivity contribution in [3.05, 3.63) is 42.0 Å². The Balaban J connectivity index is 2.40. The van der Waals surface area contributed by atoms with Gasteiger partial charge in [-0.1, -0.05) is 50.1 Å². The third-order valence-electron chi connectivity index (χ3n) is 5.67. The third-order valence-corrected chi connectivity index (χ3v) is 5.67. The van der Waals surface area contributed by atoms with E-state index in [1.54, 1.807) is 45.0 Å². The van der Waals surface area contributed by atoms with Crippen LogP contribution < -0.4 is 10.6 Å². The van der Waals surface area contributed by atoms with E-state index in [4.69, 9.17) is 4.74 Å². The fraction of sp³-hybridized carbons (Fsp3) is 0.538. The normalized spacial score (nSPS) is 15.7. The van der Waals surface area contributed by atoms with Gasteiger partial charge in [0, 0.05) is 6.04 Å². The number of hydrogen-bond donors (Lipinski definition) is 3. The van der Waals surface area contributed by atoms with Crippen molar-refractivity contribution in [1.82, 2.24) is 15.5 Å². The minimum atomic E-state index is -1.40. The molecule has 2 rings (SSSR count). The first kappa shape index (κ1) is 27.9. The molecule has 1 aliphatic carbocycles. The number of carbonyl (C=O) groups excluding carboxylic acids is 3. The van der Waals surface area contributed by atoms with Crippen LogP contribution in [0.15, 0.2) is 30.8 Å². The predicted molar refractivity (Wildman–Crippen MR) is 132 cm³/mol. The second kappa shape index (κ2) is 12.9. The van der Waals surface area contributed by atoms with Crippen molar-refractivity contribution >= 4 is 24.0 Å². The van der Waals surface area contributed by atoms with E-state index >= 15 is 0 Å². The highest BCUT2D eigenvalue weighted by molar-refractivity contribution is 5.92. The predicted octanol–water partition coefficient (Wildman–Crippen LogP) is 3.06. The zero-order valence-electron chi connectivity index (χ0n) is 20.8. The fourth-order valence-electron chi connectivity index (χ4n) is 4.06. The van der Waals surface area contributed by atoms with Crippen molar-refractivity contribution in [2.75, 3.05) is 13.2 Å². The number of benzene rings is 1. The summed E-state index contributed by atoms with van der Waals surface area (Å²) in [7, 11) is 0. The summed E-state index contributed by atoms with van der Waals surface area (Å²) >= 11 is 0. The van der Waals surface area contributed by atoms with E-state index in [0.717, 1.165) is 42.6 Å². The smallest absolute Gasteiger partial charge is 0.408 e. The molecule has 1 aromatic carbocycles. The fourth-order valence-corrected chi connectivity index (χ4v) is 4.06. The lowest BCUT2D eigenvalue weighted by Crippen LogP contribution is -2.55. The lowest BCUT2D eigenvalue weighted by atomic mass is 9.94. The highest BCUT2D eigenvalue weighted by atomic mass is 16.6. The topological polar surface area (TPSA) is 132 Å². The average Bonchev–Trinajstić information content (AvgIpc) is 2.81. The first-order chi connectivity index (χ1) is 16.6. The number of hydrogen-bond acceptors (Lipinski definition) is 6. The molecular formula is C26H36N4O5. The summed E-state index contributed by atoms with van der Waals surface area (Å²) < 4.78 is 5.20. The SMILES string of the molecule is C=Cc1cccc(C(C(=O)NC2CCCCC2)N(CC#N)C(=O)C(CO)NC(=O)OC(C)(C)C)c1. The van der Waals surface area contributed by atoms with Gasteiger partial charge < -0.3 is 25.4 Å². The number of aliphatic hydroxyl groups excluding tert-OH is 1. The molecule has 9 heteroatoms. The molecule has 0 aromatic heterocycles. The van der Waals surface area contributed by atoms with Crippen molar-refractivity contribution in [2.45, 2.75) is 76.6 Å². The molecule has 2 unspecified atom stereocenters. The van der Waals surface area contributed by atoms with Gasteiger partial charge in [-0.25, -0.2) is 4.79 Å². The van der Waals surface area contributed by atoms with Crippen molar-refractivity contribution in [3.8, 4) is 6.07 Å². The molecule has 2 atom stereocenters. The van der Waals surface area contributed by atoms with E-state index < -0.39 is 48.7 Å². The van der Waals surface area contributed by atoms with E-state index in [9.17, 15) is 24.8 Å². The first-order valence-electron chi connectivity index (χ1n) is 11.9. The summed E-state index contributed by atoms with van der Waals surface area (Å²) in [5, 5.41) is 24.8. The average molecular weight is 485 g/mol. The lowest BCUT2D eigenvalue weighted by molar-refractivity contribution is -0.142. The Labute approximate surface area is 207 Å². The van der Waals surface area contributed by atoms with Crippen LogP contribution in [0.25, 0.3) is 6.08 Å². The van der Waals surface area contributed by atoms with Crippen LogP contribution in [-0.2, 0) is 14.3 Å². The van der Waals surface area contributed by atoms with Gasteiger partial charge in [-0.2, -0.15) is 5.26 Å². The van der Waals surface area contributed by atoms with Crippen LogP contribution in [0, 0.1) is 11.3 Å². The number of nitrogens with zero attached hydrogens (tertiary/aromatic N) is 2. The molecule has 1 fully saturated rings. The van der Waals surface area contributed by atoms with E-state index in [0.29, 0.717) is 5.56 Å². The van der Waals surface area contributed by atoms with Crippen LogP contribution in [0.4, 0.5) is 4.79 Å². The second-order valence-corrected chi connectivity index (χ2v) is 9.63. The van der Waals surface area contributed by atoms with Crippen LogP contribution in [-0.4, -0.2) is 58.8 Å². The summed E-state index contributed by atoms with van der Waals surface area (Å²) in [5.41, 5.74) is 0.425. The lowest BCUT2D eigenvalue weighted by Gasteiger charge is -2.34.